The number of hydrogen-bond donors (Lipinski definition) is 1. The number of halogens is 1. The maximum atomic E-state index is 12.3. The zero-order chi connectivity index (χ0) is 14.5. The number of piperazine rings is 1. The van der Waals surface area contributed by atoms with E-state index in [0.29, 0.717) is 19.1 Å². The van der Waals surface area contributed by atoms with Crippen LogP contribution in [0.15, 0.2) is 24.3 Å². The number of nitrogens with zero attached hydrogens (tertiary/aromatic N) is 2. The second-order valence-electron chi connectivity index (χ2n) is 5.77. The quantitative estimate of drug-likeness (QED) is 0.919. The Balaban J connectivity index is 0.00000220. The summed E-state index contributed by atoms with van der Waals surface area (Å²) in [5.74, 6) is 0.197. The van der Waals surface area contributed by atoms with Crippen LogP contribution >= 0.6 is 12.4 Å². The van der Waals surface area contributed by atoms with Gasteiger partial charge in [0.15, 0.2) is 0 Å². The van der Waals surface area contributed by atoms with Gasteiger partial charge in [0.2, 0.25) is 5.91 Å². The van der Waals surface area contributed by atoms with Crippen LogP contribution in [0.3, 0.4) is 0 Å². The summed E-state index contributed by atoms with van der Waals surface area (Å²) in [6.07, 6.45) is 0. The van der Waals surface area contributed by atoms with Crippen molar-refractivity contribution in [3.05, 3.63) is 35.4 Å². The lowest BCUT2D eigenvalue weighted by Crippen LogP contribution is -2.51. The summed E-state index contributed by atoms with van der Waals surface area (Å²) in [5.41, 5.74) is 2.46. The largest absolute Gasteiger partial charge is 0.340 e. The van der Waals surface area contributed by atoms with Crippen molar-refractivity contribution >= 4 is 18.3 Å². The lowest BCUT2D eigenvalue weighted by Gasteiger charge is -2.32. The van der Waals surface area contributed by atoms with Gasteiger partial charge in [-0.3, -0.25) is 9.69 Å². The van der Waals surface area contributed by atoms with Crippen molar-refractivity contribution in [2.45, 2.75) is 26.4 Å². The first-order chi connectivity index (χ1) is 9.56. The average Bonchev–Trinajstić information content (AvgIpc) is 2.41. The number of hydrogen-bond acceptors (Lipinski definition) is 3. The Morgan fingerprint density at radius 3 is 2.81 bits per heavy atom. The van der Waals surface area contributed by atoms with Crippen molar-refractivity contribution < 1.29 is 4.79 Å². The monoisotopic (exact) mass is 311 g/mol. The molecule has 1 aromatic rings. The van der Waals surface area contributed by atoms with Crippen LogP contribution < -0.4 is 5.32 Å². The number of aryl methyl sites for hydroxylation is 1. The lowest BCUT2D eigenvalue weighted by molar-refractivity contribution is -0.131. The van der Waals surface area contributed by atoms with E-state index >= 15 is 0 Å². The molecule has 4 nitrogen and oxygen atoms in total. The normalized spacial score (nSPS) is 18.9. The highest BCUT2D eigenvalue weighted by atomic mass is 35.5. The van der Waals surface area contributed by atoms with E-state index in [1.165, 1.54) is 11.1 Å². The zero-order valence-electron chi connectivity index (χ0n) is 13.1. The van der Waals surface area contributed by atoms with E-state index in [0.717, 1.165) is 19.6 Å². The predicted octanol–water partition coefficient (Wildman–Crippen LogP) is 1.67. The topological polar surface area (TPSA) is 35.6 Å². The third kappa shape index (κ3) is 5.30. The number of carbonyl (C=O) groups excluding carboxylic acids is 1. The lowest BCUT2D eigenvalue weighted by atomic mass is 10.1. The fourth-order valence-electron chi connectivity index (χ4n) is 2.60. The van der Waals surface area contributed by atoms with E-state index < -0.39 is 0 Å². The van der Waals surface area contributed by atoms with Crippen LogP contribution in [0.1, 0.15) is 18.1 Å². The Morgan fingerprint density at radius 2 is 2.14 bits per heavy atom. The van der Waals surface area contributed by atoms with Crippen molar-refractivity contribution in [1.29, 1.82) is 0 Å². The van der Waals surface area contributed by atoms with Gasteiger partial charge in [-0.25, -0.2) is 0 Å². The van der Waals surface area contributed by atoms with E-state index in [9.17, 15) is 4.79 Å². The highest BCUT2D eigenvalue weighted by Gasteiger charge is 2.19. The molecule has 1 amide bonds. The van der Waals surface area contributed by atoms with Crippen LogP contribution in [-0.4, -0.2) is 55.0 Å². The number of amides is 1. The average molecular weight is 312 g/mol. The number of benzene rings is 1. The molecule has 1 aliphatic heterocycles. The summed E-state index contributed by atoms with van der Waals surface area (Å²) in [4.78, 5) is 16.4. The summed E-state index contributed by atoms with van der Waals surface area (Å²) in [7, 11) is 1.89. The van der Waals surface area contributed by atoms with E-state index in [2.05, 4.69) is 36.2 Å². The molecule has 1 N–H and O–H groups in total. The molecule has 1 saturated heterocycles. The van der Waals surface area contributed by atoms with Crippen LogP contribution in [0.5, 0.6) is 0 Å². The maximum Gasteiger partial charge on any atom is 0.236 e. The number of carbonyl (C=O) groups is 1. The van der Waals surface area contributed by atoms with E-state index in [1.54, 1.807) is 0 Å². The standard InChI is InChI=1S/C16H25N3O.ClH/c1-13-6-4-5-7-15(13)11-18(3)16(20)12-19-9-8-17-14(2)10-19;/h4-7,14,17H,8-12H2,1-3H3;1H. The first-order valence-electron chi connectivity index (χ1n) is 7.30. The molecule has 1 atom stereocenters. The van der Waals surface area contributed by atoms with Gasteiger partial charge in [0.1, 0.15) is 0 Å². The Kier molecular flexibility index (Phi) is 7.15. The molecule has 118 valence electrons. The molecule has 1 heterocycles. The van der Waals surface area contributed by atoms with Gasteiger partial charge in [0.25, 0.3) is 0 Å². The first-order valence-corrected chi connectivity index (χ1v) is 7.30. The van der Waals surface area contributed by atoms with Gasteiger partial charge < -0.3 is 10.2 Å². The van der Waals surface area contributed by atoms with Crippen molar-refractivity contribution in [3.8, 4) is 0 Å². The molecule has 0 aromatic heterocycles. The predicted molar refractivity (Wildman–Crippen MR) is 88.8 cm³/mol. The summed E-state index contributed by atoms with van der Waals surface area (Å²) in [6, 6.07) is 8.71. The molecule has 21 heavy (non-hydrogen) atoms. The van der Waals surface area contributed by atoms with E-state index in [1.807, 2.05) is 24.1 Å². The minimum absolute atomic E-state index is 0. The second kappa shape index (κ2) is 8.37. The van der Waals surface area contributed by atoms with Crippen LogP contribution in [-0.2, 0) is 11.3 Å². The molecule has 1 unspecified atom stereocenters. The van der Waals surface area contributed by atoms with Gasteiger partial charge >= 0.3 is 0 Å². The van der Waals surface area contributed by atoms with Gasteiger partial charge in [0, 0.05) is 39.3 Å². The molecule has 0 bridgehead atoms. The molecule has 2 rings (SSSR count). The third-order valence-electron chi connectivity index (χ3n) is 3.91. The Labute approximate surface area is 133 Å². The molecule has 1 aromatic carbocycles. The van der Waals surface area contributed by atoms with E-state index in [4.69, 9.17) is 0 Å². The summed E-state index contributed by atoms with van der Waals surface area (Å²) < 4.78 is 0. The SMILES string of the molecule is Cc1ccccc1CN(C)C(=O)CN1CCNC(C)C1.Cl. The summed E-state index contributed by atoms with van der Waals surface area (Å²) >= 11 is 0. The van der Waals surface area contributed by atoms with Gasteiger partial charge in [-0.15, -0.1) is 12.4 Å². The van der Waals surface area contributed by atoms with Crippen LogP contribution in [0.25, 0.3) is 0 Å². The van der Waals surface area contributed by atoms with E-state index in [-0.39, 0.29) is 18.3 Å². The van der Waals surface area contributed by atoms with Crippen LogP contribution in [0.4, 0.5) is 0 Å². The Hall–Kier alpha value is -1.10. The highest BCUT2D eigenvalue weighted by molar-refractivity contribution is 5.85. The number of nitrogens with one attached hydrogen (secondary N) is 1. The maximum absolute atomic E-state index is 12.3. The second-order valence-corrected chi connectivity index (χ2v) is 5.77. The van der Waals surface area contributed by atoms with Crippen molar-refractivity contribution in [2.24, 2.45) is 0 Å². The van der Waals surface area contributed by atoms with Crippen LogP contribution in [0, 0.1) is 6.92 Å². The first kappa shape index (κ1) is 18.0. The zero-order valence-corrected chi connectivity index (χ0v) is 13.9. The fraction of sp³-hybridized carbons (Fsp3) is 0.562. The van der Waals surface area contributed by atoms with Gasteiger partial charge in [-0.1, -0.05) is 24.3 Å². The Morgan fingerprint density at radius 1 is 1.43 bits per heavy atom. The summed E-state index contributed by atoms with van der Waals surface area (Å²) in [6.45, 7) is 8.33. The summed E-state index contributed by atoms with van der Waals surface area (Å²) in [5, 5.41) is 3.40. The van der Waals surface area contributed by atoms with Crippen LogP contribution in [0.2, 0.25) is 0 Å². The van der Waals surface area contributed by atoms with Crippen molar-refractivity contribution in [2.75, 3.05) is 33.2 Å². The number of rotatable bonds is 4. The molecule has 5 heteroatoms. The van der Waals surface area contributed by atoms with Gasteiger partial charge in [0.05, 0.1) is 6.54 Å². The minimum atomic E-state index is 0. The molecule has 1 aliphatic rings. The Bertz CT molecular complexity index is 467. The van der Waals surface area contributed by atoms with Gasteiger partial charge in [-0.2, -0.15) is 0 Å². The molecule has 0 spiro atoms. The fourth-order valence-corrected chi connectivity index (χ4v) is 2.60. The van der Waals surface area contributed by atoms with Crippen molar-refractivity contribution in [3.63, 3.8) is 0 Å². The molecule has 1 fully saturated rings. The highest BCUT2D eigenvalue weighted by Crippen LogP contribution is 2.10. The van der Waals surface area contributed by atoms with Crippen molar-refractivity contribution in [1.82, 2.24) is 15.1 Å². The molecule has 0 radical (unpaired) electrons. The molecule has 0 aliphatic carbocycles. The molecular weight excluding hydrogens is 286 g/mol. The number of likely N-dealkylation sites (N-methyl/N-ethyl adjacent to an activating group) is 1. The molecular formula is C16H26ClN3O. The molecule has 0 saturated carbocycles. The minimum Gasteiger partial charge on any atom is -0.340 e. The smallest absolute Gasteiger partial charge is 0.236 e. The third-order valence-corrected chi connectivity index (χ3v) is 3.91. The van der Waals surface area contributed by atoms with Gasteiger partial charge in [-0.05, 0) is 25.0 Å².